The van der Waals surface area contributed by atoms with Crippen molar-refractivity contribution in [2.45, 2.75) is 42.8 Å². The predicted molar refractivity (Wildman–Crippen MR) is 149 cm³/mol. The van der Waals surface area contributed by atoms with Crippen LogP contribution < -0.4 is 5.32 Å². The Kier molecular flexibility index (Phi) is 5.04. The van der Waals surface area contributed by atoms with Crippen molar-refractivity contribution >= 4 is 51.8 Å². The van der Waals surface area contributed by atoms with E-state index in [9.17, 15) is 14.7 Å². The molecule has 3 aliphatic heterocycles. The molecular weight excluding hydrogens is 554 g/mol. The number of carboxylic acid groups (broad SMARTS) is 1. The lowest BCUT2D eigenvalue weighted by Crippen LogP contribution is -2.53. The summed E-state index contributed by atoms with van der Waals surface area (Å²) in [5.41, 5.74) is 2.11. The number of hydrogen-bond acceptors (Lipinski definition) is 4. The van der Waals surface area contributed by atoms with Crippen molar-refractivity contribution in [3.05, 3.63) is 93.0 Å². The molecule has 1 saturated heterocycles. The molecule has 2 N–H and O–H groups in total. The number of benzene rings is 3. The third kappa shape index (κ3) is 3.12. The first kappa shape index (κ1) is 24.3. The van der Waals surface area contributed by atoms with Crippen molar-refractivity contribution in [1.82, 2.24) is 14.5 Å². The lowest BCUT2D eigenvalue weighted by Gasteiger charge is -2.40. The molecule has 2 fully saturated rings. The zero-order valence-electron chi connectivity index (χ0n) is 21.1. The van der Waals surface area contributed by atoms with E-state index in [0.29, 0.717) is 40.8 Å². The molecule has 4 aromatic rings. The predicted octanol–water partition coefficient (Wildman–Crippen LogP) is 6.00. The number of likely N-dealkylation sites (tertiary alicyclic amines) is 1. The average Bonchev–Trinajstić information content (AvgIpc) is 3.37. The van der Waals surface area contributed by atoms with Crippen LogP contribution in [0.1, 0.15) is 52.0 Å². The Hall–Kier alpha value is -3.46. The number of aromatic nitrogens is 2. The van der Waals surface area contributed by atoms with Gasteiger partial charge >= 0.3 is 5.97 Å². The van der Waals surface area contributed by atoms with Gasteiger partial charge in [-0.25, -0.2) is 14.2 Å². The van der Waals surface area contributed by atoms with Crippen LogP contribution >= 0.6 is 23.2 Å². The number of amides is 1. The van der Waals surface area contributed by atoms with Crippen LogP contribution in [0.4, 0.5) is 10.1 Å². The minimum Gasteiger partial charge on any atom is -0.478 e. The zero-order valence-corrected chi connectivity index (χ0v) is 22.6. The summed E-state index contributed by atoms with van der Waals surface area (Å²) in [7, 11) is 0. The Morgan fingerprint density at radius 1 is 1.15 bits per heavy atom. The Balaban J connectivity index is 1.42. The molecule has 4 heterocycles. The highest BCUT2D eigenvalue weighted by Gasteiger charge is 2.69. The smallest absolute Gasteiger partial charge is 0.335 e. The lowest BCUT2D eigenvalue weighted by atomic mass is 9.71. The first-order valence-corrected chi connectivity index (χ1v) is 14.1. The van der Waals surface area contributed by atoms with Crippen molar-refractivity contribution in [2.24, 2.45) is 5.92 Å². The molecule has 7 nitrogen and oxygen atoms in total. The summed E-state index contributed by atoms with van der Waals surface area (Å²) < 4.78 is 18.1. The van der Waals surface area contributed by atoms with Crippen LogP contribution in [0.3, 0.4) is 0 Å². The Morgan fingerprint density at radius 3 is 2.75 bits per heavy atom. The van der Waals surface area contributed by atoms with Gasteiger partial charge in [0.25, 0.3) is 0 Å². The molecule has 1 aliphatic carbocycles. The maximum Gasteiger partial charge on any atom is 0.335 e. The van der Waals surface area contributed by atoms with E-state index in [4.69, 9.17) is 28.2 Å². The number of carboxylic acids is 1. The summed E-state index contributed by atoms with van der Waals surface area (Å²) in [4.78, 5) is 33.3. The van der Waals surface area contributed by atoms with Crippen LogP contribution in [0.25, 0.3) is 11.0 Å². The molecule has 1 saturated carbocycles. The molecule has 0 unspecified atom stereocenters. The fraction of sp³-hybridized carbons (Fsp3) is 0.300. The number of carbonyl (C=O) groups is 2. The van der Waals surface area contributed by atoms with E-state index in [1.54, 1.807) is 42.5 Å². The third-order valence-electron chi connectivity index (χ3n) is 9.22. The molecule has 40 heavy (non-hydrogen) atoms. The van der Waals surface area contributed by atoms with Gasteiger partial charge in [0.15, 0.2) is 0 Å². The SMILES string of the molecule is O=C(O)c1ccc2c(c1)nc1n2C[C@@H]2[C@H]1[C@@H](c1cccc(Cl)c1F)[C@@]1(C(=O)Nc3cc(Cl)ccc31)N2CC1CC1. The second kappa shape index (κ2) is 8.28. The molecule has 4 aliphatic rings. The molecule has 1 spiro atoms. The van der Waals surface area contributed by atoms with E-state index in [0.717, 1.165) is 29.7 Å². The quantitative estimate of drug-likeness (QED) is 0.311. The summed E-state index contributed by atoms with van der Waals surface area (Å²) in [5.74, 6) is -1.60. The maximum atomic E-state index is 16.0. The number of hydrogen-bond donors (Lipinski definition) is 2. The lowest BCUT2D eigenvalue weighted by molar-refractivity contribution is -0.128. The van der Waals surface area contributed by atoms with Gasteiger partial charge in [-0.2, -0.15) is 0 Å². The van der Waals surface area contributed by atoms with Gasteiger partial charge in [0.1, 0.15) is 17.2 Å². The number of anilines is 1. The molecule has 1 amide bonds. The van der Waals surface area contributed by atoms with Gasteiger partial charge in [0, 0.05) is 47.2 Å². The minimum atomic E-state index is -1.20. The largest absolute Gasteiger partial charge is 0.478 e. The topological polar surface area (TPSA) is 87.5 Å². The molecule has 8 rings (SSSR count). The first-order valence-electron chi connectivity index (χ1n) is 13.3. The van der Waals surface area contributed by atoms with E-state index >= 15 is 4.39 Å². The number of imidazole rings is 1. The molecule has 0 radical (unpaired) electrons. The van der Waals surface area contributed by atoms with Crippen molar-refractivity contribution in [2.75, 3.05) is 11.9 Å². The minimum absolute atomic E-state index is 0.00261. The number of aromatic carboxylic acids is 1. The van der Waals surface area contributed by atoms with E-state index < -0.39 is 23.2 Å². The number of carbonyl (C=O) groups excluding carboxylic acids is 1. The van der Waals surface area contributed by atoms with E-state index in [1.807, 2.05) is 6.07 Å². The summed E-state index contributed by atoms with van der Waals surface area (Å²) in [6.45, 7) is 1.24. The van der Waals surface area contributed by atoms with E-state index in [2.05, 4.69) is 14.8 Å². The van der Waals surface area contributed by atoms with Crippen LogP contribution in [0, 0.1) is 11.7 Å². The van der Waals surface area contributed by atoms with Gasteiger partial charge in [0.05, 0.1) is 21.6 Å². The molecule has 4 atom stereocenters. The fourth-order valence-corrected chi connectivity index (χ4v) is 7.84. The standard InChI is InChI=1S/C30H23Cl2FN4O3/c31-16-7-8-18-20(11-16)35-29(40)30(18)25(17-2-1-3-19(32)26(17)33)24-23(37(30)12-14-4-5-14)13-36-22-9-6-15(28(38)39)10-21(22)34-27(24)36/h1-3,6-11,14,23-25H,4-5,12-13H2,(H,35,40)(H,38,39)/t23-,24+,25-,30+/m1/s1. The van der Waals surface area contributed by atoms with Crippen LogP contribution in [0.5, 0.6) is 0 Å². The van der Waals surface area contributed by atoms with Crippen molar-refractivity contribution in [1.29, 1.82) is 0 Å². The molecular formula is C30H23Cl2FN4O3. The fourth-order valence-electron chi connectivity index (χ4n) is 7.49. The Morgan fingerprint density at radius 2 is 1.98 bits per heavy atom. The van der Waals surface area contributed by atoms with Crippen molar-refractivity contribution < 1.29 is 19.1 Å². The molecule has 3 aromatic carbocycles. The maximum absolute atomic E-state index is 16.0. The van der Waals surface area contributed by atoms with Crippen LogP contribution in [0.15, 0.2) is 54.6 Å². The second-order valence-corrected chi connectivity index (χ2v) is 12.2. The zero-order chi connectivity index (χ0) is 27.5. The van der Waals surface area contributed by atoms with Crippen LogP contribution in [0.2, 0.25) is 10.0 Å². The summed E-state index contributed by atoms with van der Waals surface area (Å²) in [5, 5.41) is 13.1. The van der Waals surface area contributed by atoms with Gasteiger partial charge in [-0.3, -0.25) is 9.69 Å². The van der Waals surface area contributed by atoms with Gasteiger partial charge in [-0.1, -0.05) is 41.4 Å². The first-order chi connectivity index (χ1) is 19.3. The Bertz CT molecular complexity index is 1790. The number of fused-ring (bicyclic) bond motifs is 7. The number of nitrogens with zero attached hydrogens (tertiary/aromatic N) is 3. The summed E-state index contributed by atoms with van der Waals surface area (Å²) >= 11 is 12.7. The molecule has 1 aromatic heterocycles. The number of nitrogens with one attached hydrogen (secondary N) is 1. The van der Waals surface area contributed by atoms with Crippen molar-refractivity contribution in [3.8, 4) is 0 Å². The van der Waals surface area contributed by atoms with Crippen LogP contribution in [-0.4, -0.2) is 44.0 Å². The number of halogens is 3. The molecule has 10 heteroatoms. The van der Waals surface area contributed by atoms with E-state index in [1.165, 1.54) is 6.07 Å². The van der Waals surface area contributed by atoms with E-state index in [-0.39, 0.29) is 28.5 Å². The highest BCUT2D eigenvalue weighted by atomic mass is 35.5. The van der Waals surface area contributed by atoms with Crippen LogP contribution in [-0.2, 0) is 16.9 Å². The van der Waals surface area contributed by atoms with Gasteiger partial charge < -0.3 is 15.0 Å². The Labute approximate surface area is 238 Å². The van der Waals surface area contributed by atoms with Gasteiger partial charge in [-0.15, -0.1) is 0 Å². The highest BCUT2D eigenvalue weighted by Crippen LogP contribution is 2.65. The summed E-state index contributed by atoms with van der Waals surface area (Å²) in [6.07, 6.45) is 2.17. The normalized spacial score (nSPS) is 26.8. The highest BCUT2D eigenvalue weighted by molar-refractivity contribution is 6.31. The average molecular weight is 577 g/mol. The summed E-state index contributed by atoms with van der Waals surface area (Å²) in [6, 6.07) is 15.2. The molecule has 202 valence electrons. The van der Waals surface area contributed by atoms with Gasteiger partial charge in [-0.05, 0) is 60.7 Å². The molecule has 0 bridgehead atoms. The second-order valence-electron chi connectivity index (χ2n) is 11.3. The van der Waals surface area contributed by atoms with Crippen molar-refractivity contribution in [3.63, 3.8) is 0 Å². The third-order valence-corrected chi connectivity index (χ3v) is 9.75. The van der Waals surface area contributed by atoms with Gasteiger partial charge in [0.2, 0.25) is 5.91 Å². The number of rotatable bonds is 4. The monoisotopic (exact) mass is 576 g/mol.